The maximum Gasteiger partial charge on any atom is 0.260 e. The lowest BCUT2D eigenvalue weighted by Crippen LogP contribution is -2.33. The van der Waals surface area contributed by atoms with Crippen LogP contribution in [-0.2, 0) is 11.3 Å². The molecule has 1 aliphatic rings. The van der Waals surface area contributed by atoms with Crippen LogP contribution < -0.4 is 15.2 Å². The maximum atomic E-state index is 12.0. The van der Waals surface area contributed by atoms with Crippen molar-refractivity contribution in [3.8, 4) is 11.5 Å². The molecule has 1 amide bonds. The normalized spacial score (nSPS) is 14.0. The third-order valence-electron chi connectivity index (χ3n) is 3.35. The highest BCUT2D eigenvalue weighted by molar-refractivity contribution is 9.10. The van der Waals surface area contributed by atoms with Gasteiger partial charge < -0.3 is 20.1 Å². The molecular formula is C14H19BrN2O3. The van der Waals surface area contributed by atoms with Gasteiger partial charge in [-0.05, 0) is 46.5 Å². The largest absolute Gasteiger partial charge is 0.493 e. The molecule has 1 fully saturated rings. The average molecular weight is 343 g/mol. The summed E-state index contributed by atoms with van der Waals surface area (Å²) in [5.74, 6) is 1.08. The number of hydrogen-bond donors (Lipinski definition) is 1. The second-order valence-electron chi connectivity index (χ2n) is 4.84. The number of carbonyl (C=O) groups is 1. The van der Waals surface area contributed by atoms with Gasteiger partial charge in [-0.1, -0.05) is 0 Å². The molecule has 0 heterocycles. The summed E-state index contributed by atoms with van der Waals surface area (Å²) in [4.78, 5) is 13.7. The molecule has 0 radical (unpaired) electrons. The van der Waals surface area contributed by atoms with Gasteiger partial charge in [0.15, 0.2) is 18.1 Å². The van der Waals surface area contributed by atoms with Crippen molar-refractivity contribution in [2.45, 2.75) is 25.4 Å². The standard InChI is InChI=1S/C14H19BrN2O3/c1-17(10-3-4-10)13(18)8-20-14-11(15)5-9(7-16)6-12(14)19-2/h5-6,10H,3-4,7-8,16H2,1-2H3. The van der Waals surface area contributed by atoms with Crippen molar-refractivity contribution >= 4 is 21.8 Å². The molecule has 2 N–H and O–H groups in total. The molecule has 1 aromatic carbocycles. The Bertz CT molecular complexity index is 503. The van der Waals surface area contributed by atoms with E-state index in [1.54, 1.807) is 12.0 Å². The second-order valence-corrected chi connectivity index (χ2v) is 5.69. The van der Waals surface area contributed by atoms with Gasteiger partial charge in [0.2, 0.25) is 0 Å². The molecule has 0 aliphatic heterocycles. The van der Waals surface area contributed by atoms with Crippen LogP contribution in [0, 0.1) is 0 Å². The van der Waals surface area contributed by atoms with E-state index in [4.69, 9.17) is 15.2 Å². The van der Waals surface area contributed by atoms with E-state index in [9.17, 15) is 4.79 Å². The third-order valence-corrected chi connectivity index (χ3v) is 3.94. The Hall–Kier alpha value is -1.27. The van der Waals surface area contributed by atoms with Crippen LogP contribution in [0.5, 0.6) is 11.5 Å². The van der Waals surface area contributed by atoms with E-state index >= 15 is 0 Å². The number of methoxy groups -OCH3 is 1. The Morgan fingerprint density at radius 2 is 2.20 bits per heavy atom. The topological polar surface area (TPSA) is 64.8 Å². The summed E-state index contributed by atoms with van der Waals surface area (Å²) in [6, 6.07) is 4.07. The molecule has 2 rings (SSSR count). The summed E-state index contributed by atoms with van der Waals surface area (Å²) in [6.07, 6.45) is 2.17. The van der Waals surface area contributed by atoms with Gasteiger partial charge in [0.05, 0.1) is 11.6 Å². The first-order valence-corrected chi connectivity index (χ1v) is 7.31. The summed E-state index contributed by atoms with van der Waals surface area (Å²) in [7, 11) is 3.38. The number of likely N-dealkylation sites (N-methyl/N-ethyl adjacent to an activating group) is 1. The molecule has 5 nitrogen and oxygen atoms in total. The summed E-state index contributed by atoms with van der Waals surface area (Å²) in [5.41, 5.74) is 6.55. The van der Waals surface area contributed by atoms with Crippen LogP contribution in [0.3, 0.4) is 0 Å². The molecular weight excluding hydrogens is 324 g/mol. The van der Waals surface area contributed by atoms with Crippen molar-refractivity contribution in [2.24, 2.45) is 5.73 Å². The molecule has 0 aromatic heterocycles. The first kappa shape index (κ1) is 15.1. The van der Waals surface area contributed by atoms with Gasteiger partial charge in [-0.2, -0.15) is 0 Å². The molecule has 1 saturated carbocycles. The Labute approximate surface area is 127 Å². The van der Waals surface area contributed by atoms with Crippen LogP contribution in [0.15, 0.2) is 16.6 Å². The number of hydrogen-bond acceptors (Lipinski definition) is 4. The van der Waals surface area contributed by atoms with E-state index in [1.807, 2.05) is 19.2 Å². The molecule has 0 saturated heterocycles. The fraction of sp³-hybridized carbons (Fsp3) is 0.500. The van der Waals surface area contributed by atoms with Gasteiger partial charge in [0.1, 0.15) is 0 Å². The first-order chi connectivity index (χ1) is 9.56. The molecule has 0 bridgehead atoms. The van der Waals surface area contributed by atoms with Crippen molar-refractivity contribution in [1.29, 1.82) is 0 Å². The summed E-state index contributed by atoms with van der Waals surface area (Å²) < 4.78 is 11.6. The predicted molar refractivity (Wildman–Crippen MR) is 79.9 cm³/mol. The number of halogens is 1. The zero-order chi connectivity index (χ0) is 14.7. The molecule has 1 aromatic rings. The fourth-order valence-electron chi connectivity index (χ4n) is 1.93. The number of amides is 1. The molecule has 0 unspecified atom stereocenters. The number of benzene rings is 1. The van der Waals surface area contributed by atoms with Crippen molar-refractivity contribution in [2.75, 3.05) is 20.8 Å². The lowest BCUT2D eigenvalue weighted by molar-refractivity contribution is -0.132. The van der Waals surface area contributed by atoms with E-state index in [0.717, 1.165) is 22.9 Å². The smallest absolute Gasteiger partial charge is 0.260 e. The van der Waals surface area contributed by atoms with Gasteiger partial charge >= 0.3 is 0 Å². The Morgan fingerprint density at radius 3 is 2.75 bits per heavy atom. The highest BCUT2D eigenvalue weighted by Crippen LogP contribution is 2.36. The van der Waals surface area contributed by atoms with Crippen molar-refractivity contribution in [3.63, 3.8) is 0 Å². The predicted octanol–water partition coefficient (Wildman–Crippen LogP) is 1.92. The van der Waals surface area contributed by atoms with Gasteiger partial charge in [0.25, 0.3) is 5.91 Å². The number of carbonyl (C=O) groups excluding carboxylic acids is 1. The van der Waals surface area contributed by atoms with Crippen molar-refractivity contribution < 1.29 is 14.3 Å². The van der Waals surface area contributed by atoms with E-state index in [-0.39, 0.29) is 12.5 Å². The molecule has 1 aliphatic carbocycles. The Morgan fingerprint density at radius 1 is 1.50 bits per heavy atom. The van der Waals surface area contributed by atoms with Crippen LogP contribution in [-0.4, -0.2) is 37.6 Å². The van der Waals surface area contributed by atoms with Crippen LogP contribution in [0.4, 0.5) is 0 Å². The van der Waals surface area contributed by atoms with Crippen LogP contribution in [0.1, 0.15) is 18.4 Å². The number of rotatable bonds is 6. The highest BCUT2D eigenvalue weighted by Gasteiger charge is 2.29. The summed E-state index contributed by atoms with van der Waals surface area (Å²) in [5, 5.41) is 0. The SMILES string of the molecule is COc1cc(CN)cc(Br)c1OCC(=O)N(C)C1CC1. The van der Waals surface area contributed by atoms with E-state index in [0.29, 0.717) is 24.1 Å². The molecule has 20 heavy (non-hydrogen) atoms. The molecule has 6 heteroatoms. The van der Waals surface area contributed by atoms with E-state index in [2.05, 4.69) is 15.9 Å². The lowest BCUT2D eigenvalue weighted by atomic mass is 10.2. The molecule has 0 spiro atoms. The van der Waals surface area contributed by atoms with Gasteiger partial charge in [-0.15, -0.1) is 0 Å². The Kier molecular flexibility index (Phi) is 4.88. The maximum absolute atomic E-state index is 12.0. The molecule has 110 valence electrons. The van der Waals surface area contributed by atoms with Crippen molar-refractivity contribution in [1.82, 2.24) is 4.90 Å². The van der Waals surface area contributed by atoms with Gasteiger partial charge in [-0.3, -0.25) is 4.79 Å². The third kappa shape index (κ3) is 3.43. The quantitative estimate of drug-likeness (QED) is 0.857. The average Bonchev–Trinajstić information content (AvgIpc) is 3.28. The summed E-state index contributed by atoms with van der Waals surface area (Å²) in [6.45, 7) is 0.419. The number of nitrogens with two attached hydrogens (primary N) is 1. The van der Waals surface area contributed by atoms with Crippen molar-refractivity contribution in [3.05, 3.63) is 22.2 Å². The highest BCUT2D eigenvalue weighted by atomic mass is 79.9. The fourth-order valence-corrected chi connectivity index (χ4v) is 2.54. The van der Waals surface area contributed by atoms with Gasteiger partial charge in [-0.25, -0.2) is 0 Å². The minimum atomic E-state index is -0.0237. The number of nitrogens with zero attached hydrogens (tertiary/aromatic N) is 1. The van der Waals surface area contributed by atoms with Crippen LogP contribution >= 0.6 is 15.9 Å². The first-order valence-electron chi connectivity index (χ1n) is 6.51. The monoisotopic (exact) mass is 342 g/mol. The van der Waals surface area contributed by atoms with Crippen LogP contribution in [0.2, 0.25) is 0 Å². The van der Waals surface area contributed by atoms with E-state index < -0.39 is 0 Å². The van der Waals surface area contributed by atoms with Gasteiger partial charge in [0, 0.05) is 19.6 Å². The zero-order valence-electron chi connectivity index (χ0n) is 11.7. The van der Waals surface area contributed by atoms with Crippen LogP contribution in [0.25, 0.3) is 0 Å². The molecule has 0 atom stereocenters. The lowest BCUT2D eigenvalue weighted by Gasteiger charge is -2.18. The zero-order valence-corrected chi connectivity index (χ0v) is 13.3. The second kappa shape index (κ2) is 6.45. The minimum absolute atomic E-state index is 0.00390. The summed E-state index contributed by atoms with van der Waals surface area (Å²) >= 11 is 3.42. The van der Waals surface area contributed by atoms with E-state index in [1.165, 1.54) is 0 Å². The Balaban J connectivity index is 2.06. The number of ether oxygens (including phenoxy) is 2. The minimum Gasteiger partial charge on any atom is -0.493 e.